The van der Waals surface area contributed by atoms with E-state index < -0.39 is 0 Å². The number of nitrogens with zero attached hydrogens (tertiary/aromatic N) is 1. The molecule has 2 atom stereocenters. The maximum Gasteiger partial charge on any atom is 0.232 e. The molecule has 2 amide bonds. The first-order valence-electron chi connectivity index (χ1n) is 12.9. The van der Waals surface area contributed by atoms with Crippen molar-refractivity contribution in [3.8, 4) is 0 Å². The van der Waals surface area contributed by atoms with E-state index in [-0.39, 0.29) is 23.7 Å². The Balaban J connectivity index is 1.60. The Morgan fingerprint density at radius 1 is 0.611 bits per heavy atom. The molecule has 36 heavy (non-hydrogen) atoms. The Hall–Kier alpha value is -3.47. The van der Waals surface area contributed by atoms with Crippen molar-refractivity contribution in [3.05, 3.63) is 89.0 Å². The predicted octanol–water partition coefficient (Wildman–Crippen LogP) is 6.96. The molecule has 2 aromatic carbocycles. The SMILES string of the molecule is CC(C)Cc1ccc([C@@H](C)C(=O)Nc2cccc(NC(=O)[C@H](C)c3ccc(CC(C)C)cc3)n2)cc1. The molecule has 0 unspecified atom stereocenters. The number of hydrogen-bond acceptors (Lipinski definition) is 3. The molecule has 0 saturated carbocycles. The monoisotopic (exact) mass is 485 g/mol. The third-order valence-corrected chi connectivity index (χ3v) is 6.29. The molecule has 5 nitrogen and oxygen atoms in total. The molecule has 0 saturated heterocycles. The highest BCUT2D eigenvalue weighted by Gasteiger charge is 2.18. The normalized spacial score (nSPS) is 12.9. The average Bonchev–Trinajstić information content (AvgIpc) is 2.83. The van der Waals surface area contributed by atoms with Gasteiger partial charge in [-0.25, -0.2) is 4.98 Å². The van der Waals surface area contributed by atoms with Gasteiger partial charge in [0.15, 0.2) is 0 Å². The van der Waals surface area contributed by atoms with E-state index >= 15 is 0 Å². The van der Waals surface area contributed by atoms with Crippen molar-refractivity contribution in [3.63, 3.8) is 0 Å². The maximum absolute atomic E-state index is 12.9. The fraction of sp³-hybridized carbons (Fsp3) is 0.387. The lowest BCUT2D eigenvalue weighted by molar-refractivity contribution is -0.118. The van der Waals surface area contributed by atoms with E-state index in [9.17, 15) is 9.59 Å². The van der Waals surface area contributed by atoms with Crippen LogP contribution in [0, 0.1) is 11.8 Å². The van der Waals surface area contributed by atoms with Gasteiger partial charge in [0.1, 0.15) is 11.6 Å². The topological polar surface area (TPSA) is 71.1 Å². The van der Waals surface area contributed by atoms with E-state index in [1.54, 1.807) is 18.2 Å². The zero-order valence-corrected chi connectivity index (χ0v) is 22.3. The molecule has 0 radical (unpaired) electrons. The number of benzene rings is 2. The van der Waals surface area contributed by atoms with Crippen LogP contribution in [0.4, 0.5) is 11.6 Å². The summed E-state index contributed by atoms with van der Waals surface area (Å²) in [6.45, 7) is 12.5. The van der Waals surface area contributed by atoms with Crippen molar-refractivity contribution in [2.75, 3.05) is 10.6 Å². The third-order valence-electron chi connectivity index (χ3n) is 6.29. The van der Waals surface area contributed by atoms with Gasteiger partial charge in [-0.2, -0.15) is 0 Å². The van der Waals surface area contributed by atoms with Gasteiger partial charge in [0.25, 0.3) is 0 Å². The quantitative estimate of drug-likeness (QED) is 0.326. The molecule has 190 valence electrons. The van der Waals surface area contributed by atoms with E-state index in [2.05, 4.69) is 67.6 Å². The largest absolute Gasteiger partial charge is 0.310 e. The summed E-state index contributed by atoms with van der Waals surface area (Å²) in [4.78, 5) is 30.2. The van der Waals surface area contributed by atoms with Crippen molar-refractivity contribution < 1.29 is 9.59 Å². The number of hydrogen-bond donors (Lipinski definition) is 2. The molecule has 3 aromatic rings. The highest BCUT2D eigenvalue weighted by molar-refractivity contribution is 5.96. The molecule has 0 bridgehead atoms. The van der Waals surface area contributed by atoms with Gasteiger partial charge < -0.3 is 10.6 Å². The molecule has 0 aliphatic heterocycles. The van der Waals surface area contributed by atoms with Gasteiger partial charge >= 0.3 is 0 Å². The third kappa shape index (κ3) is 7.77. The zero-order valence-electron chi connectivity index (χ0n) is 22.3. The van der Waals surface area contributed by atoms with Crippen molar-refractivity contribution in [1.29, 1.82) is 0 Å². The predicted molar refractivity (Wildman–Crippen MR) is 148 cm³/mol. The first-order valence-corrected chi connectivity index (χ1v) is 12.9. The van der Waals surface area contributed by atoms with Crippen molar-refractivity contribution in [1.82, 2.24) is 4.98 Å². The number of aromatic nitrogens is 1. The number of rotatable bonds is 10. The van der Waals surface area contributed by atoms with E-state index in [1.807, 2.05) is 38.1 Å². The number of nitrogens with one attached hydrogen (secondary N) is 2. The summed E-state index contributed by atoms with van der Waals surface area (Å²) in [6.07, 6.45) is 2.04. The van der Waals surface area contributed by atoms with E-state index in [0.29, 0.717) is 23.5 Å². The number of anilines is 2. The first kappa shape index (κ1) is 27.1. The second kappa shape index (κ2) is 12.5. The van der Waals surface area contributed by atoms with Crippen LogP contribution >= 0.6 is 0 Å². The summed E-state index contributed by atoms with van der Waals surface area (Å²) in [7, 11) is 0. The summed E-state index contributed by atoms with van der Waals surface area (Å²) in [5.41, 5.74) is 4.45. The van der Waals surface area contributed by atoms with Crippen LogP contribution in [0.2, 0.25) is 0 Å². The second-order valence-corrected chi connectivity index (χ2v) is 10.5. The Morgan fingerprint density at radius 3 is 1.31 bits per heavy atom. The molecule has 0 aliphatic carbocycles. The molecular weight excluding hydrogens is 446 g/mol. The Morgan fingerprint density at radius 2 is 0.972 bits per heavy atom. The molecule has 2 N–H and O–H groups in total. The van der Waals surface area contributed by atoms with Crippen LogP contribution in [0.15, 0.2) is 66.7 Å². The van der Waals surface area contributed by atoms with Gasteiger partial charge in [-0.15, -0.1) is 0 Å². The molecule has 3 rings (SSSR count). The minimum Gasteiger partial charge on any atom is -0.310 e. The second-order valence-electron chi connectivity index (χ2n) is 10.5. The molecule has 0 aliphatic rings. The summed E-state index contributed by atoms with van der Waals surface area (Å²) in [6, 6.07) is 21.6. The summed E-state index contributed by atoms with van der Waals surface area (Å²) in [5.74, 6) is 1.07. The van der Waals surface area contributed by atoms with Crippen molar-refractivity contribution >= 4 is 23.5 Å². The number of carbonyl (C=O) groups is 2. The molecule has 0 spiro atoms. The van der Waals surface area contributed by atoms with Gasteiger partial charge in [0.2, 0.25) is 11.8 Å². The molecule has 5 heteroatoms. The summed E-state index contributed by atoms with van der Waals surface area (Å²) < 4.78 is 0. The Labute approximate surface area is 215 Å². The van der Waals surface area contributed by atoms with Crippen LogP contribution in [-0.2, 0) is 22.4 Å². The van der Waals surface area contributed by atoms with Crippen LogP contribution in [0.5, 0.6) is 0 Å². The van der Waals surface area contributed by atoms with E-state index in [1.165, 1.54) is 11.1 Å². The zero-order chi connectivity index (χ0) is 26.2. The summed E-state index contributed by atoms with van der Waals surface area (Å²) >= 11 is 0. The standard InChI is InChI=1S/C31H39N3O2/c1-20(2)18-24-10-14-26(15-11-24)22(5)30(35)33-28-8-7-9-29(32-28)34-31(36)23(6)27-16-12-25(13-17-27)19-21(3)4/h7-17,20-23H,18-19H2,1-6H3,(H2,32,33,34,35,36)/t22-,23-/m1/s1. The van der Waals surface area contributed by atoms with Crippen LogP contribution < -0.4 is 10.6 Å². The van der Waals surface area contributed by atoms with E-state index in [0.717, 1.165) is 24.0 Å². The summed E-state index contributed by atoms with van der Waals surface area (Å²) in [5, 5.41) is 5.76. The average molecular weight is 486 g/mol. The minimum absolute atomic E-state index is 0.141. The fourth-order valence-electron chi connectivity index (χ4n) is 4.17. The lowest BCUT2D eigenvalue weighted by Gasteiger charge is -2.15. The van der Waals surface area contributed by atoms with E-state index in [4.69, 9.17) is 0 Å². The highest BCUT2D eigenvalue weighted by Crippen LogP contribution is 2.22. The molecule has 1 heterocycles. The first-order chi connectivity index (χ1) is 17.1. The van der Waals surface area contributed by atoms with Gasteiger partial charge in [0, 0.05) is 0 Å². The lowest BCUT2D eigenvalue weighted by atomic mass is 9.96. The van der Waals surface area contributed by atoms with Gasteiger partial charge in [-0.05, 0) is 72.9 Å². The van der Waals surface area contributed by atoms with Crippen molar-refractivity contribution in [2.24, 2.45) is 11.8 Å². The van der Waals surface area contributed by atoms with Crippen molar-refractivity contribution in [2.45, 2.75) is 66.2 Å². The number of amides is 2. The van der Waals surface area contributed by atoms with Crippen LogP contribution in [0.1, 0.15) is 75.6 Å². The van der Waals surface area contributed by atoms with Crippen LogP contribution in [0.25, 0.3) is 0 Å². The smallest absolute Gasteiger partial charge is 0.232 e. The fourth-order valence-corrected chi connectivity index (χ4v) is 4.17. The highest BCUT2D eigenvalue weighted by atomic mass is 16.2. The minimum atomic E-state index is -0.322. The molecule has 1 aromatic heterocycles. The molecule has 0 fully saturated rings. The lowest BCUT2D eigenvalue weighted by Crippen LogP contribution is -2.21. The van der Waals surface area contributed by atoms with Crippen LogP contribution in [-0.4, -0.2) is 16.8 Å². The number of pyridine rings is 1. The van der Waals surface area contributed by atoms with Gasteiger partial charge in [0.05, 0.1) is 11.8 Å². The van der Waals surface area contributed by atoms with Crippen LogP contribution in [0.3, 0.4) is 0 Å². The Bertz CT molecular complexity index is 1060. The molecular formula is C31H39N3O2. The van der Waals surface area contributed by atoms with Gasteiger partial charge in [-0.3, -0.25) is 9.59 Å². The Kier molecular flexibility index (Phi) is 9.40. The maximum atomic E-state index is 12.9. The number of carbonyl (C=O) groups excluding carboxylic acids is 2. The van der Waals surface area contributed by atoms with Gasteiger partial charge in [-0.1, -0.05) is 82.3 Å².